The van der Waals surface area contributed by atoms with E-state index in [4.69, 9.17) is 23.1 Å². The fourth-order valence-corrected chi connectivity index (χ4v) is 4.38. The standard InChI is InChI=1S/C27H41ClN8O5/c1-5-18-22(38)35-20(16-9-6-7-10-17(16)28)24(40)31-14-12-27(4,36-21(37)15(2)3)25(41)34-19(23(39)33-18)11-8-13-32-26(29)30/h6-7,9-10,15,18-20H,5,8,11-14H2,1-4H3,(H,31,40)(H,33,39)(H,34,41)(H,35,38)(H,36,37)(H4,29,30,32)/t18-,19-,20+,27+/m0/s1. The molecule has 1 aliphatic rings. The van der Waals surface area contributed by atoms with E-state index in [1.807, 2.05) is 0 Å². The topological polar surface area (TPSA) is 210 Å². The first-order valence-corrected chi connectivity index (χ1v) is 14.0. The van der Waals surface area contributed by atoms with Crippen LogP contribution in [0.15, 0.2) is 29.3 Å². The third-order valence-electron chi connectivity index (χ3n) is 6.72. The molecule has 0 saturated carbocycles. The van der Waals surface area contributed by atoms with Gasteiger partial charge in [0, 0.05) is 29.6 Å². The lowest BCUT2D eigenvalue weighted by atomic mass is 9.94. The molecule has 4 atom stereocenters. The number of hydrogen-bond acceptors (Lipinski definition) is 6. The SMILES string of the molecule is CC[C@@H]1NC(=O)[C@H](CCCN=C(N)N)NC(=O)[C@](C)(NC(=O)C(C)C)CCNC(=O)[C@@H](c2ccccc2Cl)NC1=O. The lowest BCUT2D eigenvalue weighted by Crippen LogP contribution is -2.63. The van der Waals surface area contributed by atoms with Gasteiger partial charge in [-0.3, -0.25) is 29.0 Å². The number of guanidine groups is 1. The van der Waals surface area contributed by atoms with Crippen LogP contribution in [0.2, 0.25) is 5.02 Å². The fraction of sp³-hybridized carbons (Fsp3) is 0.556. The Labute approximate surface area is 245 Å². The number of halogens is 1. The number of nitrogens with zero attached hydrogens (tertiary/aromatic N) is 1. The van der Waals surface area contributed by atoms with Crippen LogP contribution in [0.25, 0.3) is 0 Å². The zero-order valence-electron chi connectivity index (χ0n) is 23.9. The van der Waals surface area contributed by atoms with Crippen LogP contribution in [-0.4, -0.2) is 66.2 Å². The molecule has 5 amide bonds. The fourth-order valence-electron chi connectivity index (χ4n) is 4.14. The summed E-state index contributed by atoms with van der Waals surface area (Å²) < 4.78 is 0. The zero-order chi connectivity index (χ0) is 30.7. The molecular weight excluding hydrogens is 552 g/mol. The summed E-state index contributed by atoms with van der Waals surface area (Å²) in [6.45, 7) is 6.77. The minimum Gasteiger partial charge on any atom is -0.370 e. The van der Waals surface area contributed by atoms with Crippen molar-refractivity contribution in [3.8, 4) is 0 Å². The molecule has 1 aromatic rings. The largest absolute Gasteiger partial charge is 0.370 e. The van der Waals surface area contributed by atoms with E-state index >= 15 is 0 Å². The van der Waals surface area contributed by atoms with Crippen LogP contribution in [0, 0.1) is 5.92 Å². The number of nitrogens with one attached hydrogen (secondary N) is 5. The van der Waals surface area contributed by atoms with Gasteiger partial charge in [0.05, 0.1) is 0 Å². The summed E-state index contributed by atoms with van der Waals surface area (Å²) in [6.07, 6.45) is 0.690. The van der Waals surface area contributed by atoms with Gasteiger partial charge in [0.15, 0.2) is 5.96 Å². The summed E-state index contributed by atoms with van der Waals surface area (Å²) in [5.41, 5.74) is 9.66. The molecule has 0 bridgehead atoms. The van der Waals surface area contributed by atoms with E-state index in [0.29, 0.717) is 12.0 Å². The van der Waals surface area contributed by atoms with Gasteiger partial charge in [-0.05, 0) is 38.7 Å². The van der Waals surface area contributed by atoms with Crippen LogP contribution >= 0.6 is 11.6 Å². The van der Waals surface area contributed by atoms with Crippen LogP contribution < -0.4 is 38.1 Å². The number of nitrogens with two attached hydrogens (primary N) is 2. The van der Waals surface area contributed by atoms with Gasteiger partial charge in [-0.25, -0.2) is 0 Å². The maximum Gasteiger partial charge on any atom is 0.247 e. The number of amides is 5. The molecule has 1 saturated heterocycles. The Bertz CT molecular complexity index is 1160. The van der Waals surface area contributed by atoms with E-state index in [1.165, 1.54) is 6.92 Å². The van der Waals surface area contributed by atoms with Crippen LogP contribution in [0.5, 0.6) is 0 Å². The average Bonchev–Trinajstić information content (AvgIpc) is 2.91. The van der Waals surface area contributed by atoms with Crippen LogP contribution in [0.3, 0.4) is 0 Å². The first-order valence-electron chi connectivity index (χ1n) is 13.6. The summed E-state index contributed by atoms with van der Waals surface area (Å²) in [6, 6.07) is 3.32. The summed E-state index contributed by atoms with van der Waals surface area (Å²) in [4.78, 5) is 70.2. The second-order valence-corrected chi connectivity index (χ2v) is 10.8. The number of carbonyl (C=O) groups is 5. The molecule has 14 heteroatoms. The molecular formula is C27H41ClN8O5. The van der Waals surface area contributed by atoms with Gasteiger partial charge in [0.2, 0.25) is 29.5 Å². The van der Waals surface area contributed by atoms with Crippen molar-refractivity contribution in [1.82, 2.24) is 26.6 Å². The maximum absolute atomic E-state index is 13.6. The molecule has 0 radical (unpaired) electrons. The molecule has 0 aliphatic carbocycles. The minimum absolute atomic E-state index is 0.00779. The normalized spacial score (nSPS) is 24.3. The number of rotatable bonds is 8. The lowest BCUT2D eigenvalue weighted by Gasteiger charge is -2.33. The monoisotopic (exact) mass is 592 g/mol. The van der Waals surface area contributed by atoms with Crippen LogP contribution in [0.4, 0.5) is 0 Å². The van der Waals surface area contributed by atoms with Gasteiger partial charge in [-0.2, -0.15) is 0 Å². The van der Waals surface area contributed by atoms with E-state index < -0.39 is 53.2 Å². The minimum atomic E-state index is -1.48. The first-order chi connectivity index (χ1) is 19.3. The van der Waals surface area contributed by atoms with Gasteiger partial charge in [-0.1, -0.05) is 50.6 Å². The second-order valence-electron chi connectivity index (χ2n) is 10.4. The van der Waals surface area contributed by atoms with Crippen LogP contribution in [0.1, 0.15) is 65.0 Å². The lowest BCUT2D eigenvalue weighted by molar-refractivity contribution is -0.138. The molecule has 41 heavy (non-hydrogen) atoms. The van der Waals surface area contributed by atoms with E-state index in [1.54, 1.807) is 45.0 Å². The van der Waals surface area contributed by atoms with Gasteiger partial charge >= 0.3 is 0 Å². The van der Waals surface area contributed by atoms with Crippen molar-refractivity contribution in [2.75, 3.05) is 13.1 Å². The third-order valence-corrected chi connectivity index (χ3v) is 7.07. The molecule has 2 rings (SSSR count). The molecule has 226 valence electrons. The van der Waals surface area contributed by atoms with Crippen molar-refractivity contribution >= 4 is 47.1 Å². The molecule has 1 fully saturated rings. The molecule has 1 aromatic carbocycles. The summed E-state index contributed by atoms with van der Waals surface area (Å²) >= 11 is 6.36. The second kappa shape index (κ2) is 15.2. The Morgan fingerprint density at radius 3 is 2.34 bits per heavy atom. The molecule has 0 spiro atoms. The van der Waals surface area contributed by atoms with E-state index in [-0.39, 0.29) is 49.2 Å². The summed E-state index contributed by atoms with van der Waals surface area (Å²) in [5, 5.41) is 13.9. The Morgan fingerprint density at radius 1 is 1.07 bits per heavy atom. The smallest absolute Gasteiger partial charge is 0.247 e. The van der Waals surface area contributed by atoms with Gasteiger partial charge in [-0.15, -0.1) is 0 Å². The van der Waals surface area contributed by atoms with E-state index in [9.17, 15) is 24.0 Å². The quantitative estimate of drug-likeness (QED) is 0.124. The van der Waals surface area contributed by atoms with Crippen molar-refractivity contribution in [2.24, 2.45) is 22.4 Å². The van der Waals surface area contributed by atoms with Crippen molar-refractivity contribution in [2.45, 2.75) is 77.0 Å². The Morgan fingerprint density at radius 2 is 1.73 bits per heavy atom. The van der Waals surface area contributed by atoms with Gasteiger partial charge < -0.3 is 38.1 Å². The predicted molar refractivity (Wildman–Crippen MR) is 155 cm³/mol. The number of aliphatic imine (C=N–C) groups is 1. The van der Waals surface area contributed by atoms with Crippen molar-refractivity contribution in [3.63, 3.8) is 0 Å². The third kappa shape index (κ3) is 9.62. The highest BCUT2D eigenvalue weighted by molar-refractivity contribution is 6.31. The molecule has 0 aromatic heterocycles. The van der Waals surface area contributed by atoms with E-state index in [0.717, 1.165) is 0 Å². The molecule has 1 heterocycles. The van der Waals surface area contributed by atoms with Gasteiger partial charge in [0.1, 0.15) is 23.7 Å². The first kappa shape index (κ1) is 33.3. The summed E-state index contributed by atoms with van der Waals surface area (Å²) in [5.74, 6) is -3.32. The number of hydrogen-bond donors (Lipinski definition) is 7. The maximum atomic E-state index is 13.6. The van der Waals surface area contributed by atoms with Crippen molar-refractivity contribution in [3.05, 3.63) is 34.9 Å². The highest BCUT2D eigenvalue weighted by atomic mass is 35.5. The number of benzene rings is 1. The summed E-state index contributed by atoms with van der Waals surface area (Å²) in [7, 11) is 0. The zero-order valence-corrected chi connectivity index (χ0v) is 24.6. The molecule has 9 N–H and O–H groups in total. The van der Waals surface area contributed by atoms with Crippen LogP contribution in [-0.2, 0) is 24.0 Å². The Kier molecular flexibility index (Phi) is 12.4. The molecule has 1 aliphatic heterocycles. The molecule has 13 nitrogen and oxygen atoms in total. The Hall–Kier alpha value is -3.87. The average molecular weight is 593 g/mol. The van der Waals surface area contributed by atoms with Crippen molar-refractivity contribution in [1.29, 1.82) is 0 Å². The van der Waals surface area contributed by atoms with E-state index in [2.05, 4.69) is 31.6 Å². The van der Waals surface area contributed by atoms with Gasteiger partial charge in [0.25, 0.3) is 0 Å². The number of carbonyl (C=O) groups excluding carboxylic acids is 5. The highest BCUT2D eigenvalue weighted by Crippen LogP contribution is 2.23. The highest BCUT2D eigenvalue weighted by Gasteiger charge is 2.39. The van der Waals surface area contributed by atoms with Crippen molar-refractivity contribution < 1.29 is 24.0 Å². The molecule has 0 unspecified atom stereocenters. The Balaban J connectivity index is 2.49. The predicted octanol–water partition coefficient (Wildman–Crippen LogP) is -0.0187.